The summed E-state index contributed by atoms with van der Waals surface area (Å²) in [6, 6.07) is 2.89. The van der Waals surface area contributed by atoms with Crippen molar-refractivity contribution in [2.75, 3.05) is 0 Å². The number of halogens is 1. The van der Waals surface area contributed by atoms with Gasteiger partial charge in [0.2, 0.25) is 0 Å². The molecule has 0 aromatic carbocycles. The fourth-order valence-electron chi connectivity index (χ4n) is 2.40. The molecule has 0 spiro atoms. The molecule has 1 aromatic heterocycles. The Bertz CT molecular complexity index is 323. The zero-order valence-electron chi connectivity index (χ0n) is 9.29. The maximum atomic E-state index is 5.46. The largest absolute Gasteiger partial charge is 0.466 e. The standard InChI is InChI=1S/C12H18BrNO/c1-8-4-3-5-11(8)14-9(2)12-10(13)6-7-15-12/h6-9,11,14H,3-5H2,1-2H3. The lowest BCUT2D eigenvalue weighted by atomic mass is 10.1. The van der Waals surface area contributed by atoms with Crippen molar-refractivity contribution in [3.8, 4) is 0 Å². The van der Waals surface area contributed by atoms with Crippen molar-refractivity contribution in [3.05, 3.63) is 22.6 Å². The topological polar surface area (TPSA) is 25.2 Å². The Morgan fingerprint density at radius 1 is 1.53 bits per heavy atom. The first kappa shape index (κ1) is 11.2. The van der Waals surface area contributed by atoms with Gasteiger partial charge < -0.3 is 9.73 Å². The summed E-state index contributed by atoms with van der Waals surface area (Å²) < 4.78 is 6.53. The number of hydrogen-bond acceptors (Lipinski definition) is 2. The zero-order chi connectivity index (χ0) is 10.8. The molecule has 2 rings (SSSR count). The minimum Gasteiger partial charge on any atom is -0.466 e. The van der Waals surface area contributed by atoms with Crippen LogP contribution in [0.5, 0.6) is 0 Å². The molecule has 3 atom stereocenters. The lowest BCUT2D eigenvalue weighted by Gasteiger charge is -2.21. The first-order valence-corrected chi connectivity index (χ1v) is 6.46. The fraction of sp³-hybridized carbons (Fsp3) is 0.667. The quantitative estimate of drug-likeness (QED) is 0.903. The lowest BCUT2D eigenvalue weighted by molar-refractivity contribution is 0.349. The molecule has 0 radical (unpaired) electrons. The van der Waals surface area contributed by atoms with E-state index in [0.29, 0.717) is 12.1 Å². The van der Waals surface area contributed by atoms with Gasteiger partial charge in [-0.2, -0.15) is 0 Å². The van der Waals surface area contributed by atoms with Gasteiger partial charge in [0, 0.05) is 6.04 Å². The van der Waals surface area contributed by atoms with E-state index < -0.39 is 0 Å². The third kappa shape index (κ3) is 2.45. The highest BCUT2D eigenvalue weighted by molar-refractivity contribution is 9.10. The number of nitrogens with one attached hydrogen (secondary N) is 1. The highest BCUT2D eigenvalue weighted by Crippen LogP contribution is 2.29. The molecule has 1 heterocycles. The average molecular weight is 272 g/mol. The van der Waals surface area contributed by atoms with E-state index in [9.17, 15) is 0 Å². The van der Waals surface area contributed by atoms with E-state index in [1.165, 1.54) is 19.3 Å². The Balaban J connectivity index is 1.97. The summed E-state index contributed by atoms with van der Waals surface area (Å²) in [6.45, 7) is 4.49. The van der Waals surface area contributed by atoms with Gasteiger partial charge in [-0.15, -0.1) is 0 Å². The summed E-state index contributed by atoms with van der Waals surface area (Å²) in [5.41, 5.74) is 0. The van der Waals surface area contributed by atoms with E-state index in [-0.39, 0.29) is 0 Å². The molecule has 3 heteroatoms. The molecular formula is C12H18BrNO. The van der Waals surface area contributed by atoms with Crippen LogP contribution in [0.3, 0.4) is 0 Å². The molecule has 0 bridgehead atoms. The second kappa shape index (κ2) is 4.71. The van der Waals surface area contributed by atoms with Crippen LogP contribution in [0.25, 0.3) is 0 Å². The molecule has 3 unspecified atom stereocenters. The van der Waals surface area contributed by atoms with Crippen molar-refractivity contribution in [2.45, 2.75) is 45.2 Å². The van der Waals surface area contributed by atoms with E-state index in [1.54, 1.807) is 6.26 Å². The summed E-state index contributed by atoms with van der Waals surface area (Å²) in [6.07, 6.45) is 5.73. The molecule has 1 fully saturated rings. The van der Waals surface area contributed by atoms with Crippen molar-refractivity contribution in [1.82, 2.24) is 5.32 Å². The summed E-state index contributed by atoms with van der Waals surface area (Å²) in [5.74, 6) is 1.80. The summed E-state index contributed by atoms with van der Waals surface area (Å²) in [5, 5.41) is 3.65. The Morgan fingerprint density at radius 3 is 2.87 bits per heavy atom. The number of hydrogen-bond donors (Lipinski definition) is 1. The maximum absolute atomic E-state index is 5.46. The van der Waals surface area contributed by atoms with Crippen LogP contribution >= 0.6 is 15.9 Å². The van der Waals surface area contributed by atoms with Crippen LogP contribution in [0, 0.1) is 5.92 Å². The van der Waals surface area contributed by atoms with Crippen LogP contribution in [0.4, 0.5) is 0 Å². The predicted octanol–water partition coefficient (Wildman–Crippen LogP) is 3.88. The smallest absolute Gasteiger partial charge is 0.134 e. The van der Waals surface area contributed by atoms with Gasteiger partial charge in [-0.05, 0) is 47.7 Å². The van der Waals surface area contributed by atoms with Crippen LogP contribution in [0.1, 0.15) is 44.9 Å². The normalized spacial score (nSPS) is 28.2. The highest BCUT2D eigenvalue weighted by Gasteiger charge is 2.25. The molecule has 15 heavy (non-hydrogen) atoms. The first-order valence-electron chi connectivity index (χ1n) is 5.67. The van der Waals surface area contributed by atoms with E-state index in [4.69, 9.17) is 4.42 Å². The molecule has 1 N–H and O–H groups in total. The molecule has 2 nitrogen and oxygen atoms in total. The third-order valence-electron chi connectivity index (χ3n) is 3.36. The van der Waals surface area contributed by atoms with Crippen molar-refractivity contribution < 1.29 is 4.42 Å². The maximum Gasteiger partial charge on any atom is 0.134 e. The van der Waals surface area contributed by atoms with Crippen LogP contribution in [0.15, 0.2) is 21.2 Å². The molecular weight excluding hydrogens is 254 g/mol. The van der Waals surface area contributed by atoms with Crippen LogP contribution in [-0.4, -0.2) is 6.04 Å². The molecule has 1 aromatic rings. The van der Waals surface area contributed by atoms with Gasteiger partial charge in [-0.3, -0.25) is 0 Å². The second-order valence-electron chi connectivity index (χ2n) is 4.54. The van der Waals surface area contributed by atoms with E-state index in [1.807, 2.05) is 6.07 Å². The molecule has 0 amide bonds. The molecule has 1 saturated carbocycles. The first-order chi connectivity index (χ1) is 7.18. The van der Waals surface area contributed by atoms with Crippen molar-refractivity contribution in [3.63, 3.8) is 0 Å². The minimum atomic E-state index is 0.292. The van der Waals surface area contributed by atoms with E-state index in [2.05, 4.69) is 35.1 Å². The van der Waals surface area contributed by atoms with E-state index >= 15 is 0 Å². The molecule has 0 saturated heterocycles. The Hall–Kier alpha value is -0.280. The monoisotopic (exact) mass is 271 g/mol. The minimum absolute atomic E-state index is 0.292. The van der Waals surface area contributed by atoms with Gasteiger partial charge in [-0.25, -0.2) is 0 Å². The summed E-state index contributed by atoms with van der Waals surface area (Å²) in [4.78, 5) is 0. The Labute approximate surface area is 99.6 Å². The van der Waals surface area contributed by atoms with Gasteiger partial charge in [0.15, 0.2) is 0 Å². The van der Waals surface area contributed by atoms with E-state index in [0.717, 1.165) is 16.2 Å². The van der Waals surface area contributed by atoms with Gasteiger partial charge in [0.05, 0.1) is 16.8 Å². The van der Waals surface area contributed by atoms with Crippen LogP contribution in [0.2, 0.25) is 0 Å². The zero-order valence-corrected chi connectivity index (χ0v) is 10.9. The number of furan rings is 1. The fourth-order valence-corrected chi connectivity index (χ4v) is 2.95. The highest BCUT2D eigenvalue weighted by atomic mass is 79.9. The molecule has 1 aliphatic carbocycles. The lowest BCUT2D eigenvalue weighted by Crippen LogP contribution is -2.33. The Morgan fingerprint density at radius 2 is 2.33 bits per heavy atom. The van der Waals surface area contributed by atoms with Crippen molar-refractivity contribution in [2.24, 2.45) is 5.92 Å². The molecule has 84 valence electrons. The van der Waals surface area contributed by atoms with Gasteiger partial charge in [-0.1, -0.05) is 13.3 Å². The van der Waals surface area contributed by atoms with Crippen molar-refractivity contribution in [1.29, 1.82) is 0 Å². The van der Waals surface area contributed by atoms with Crippen LogP contribution in [-0.2, 0) is 0 Å². The van der Waals surface area contributed by atoms with Gasteiger partial charge >= 0.3 is 0 Å². The summed E-state index contributed by atoms with van der Waals surface area (Å²) >= 11 is 3.50. The molecule has 1 aliphatic rings. The van der Waals surface area contributed by atoms with Gasteiger partial charge in [0.25, 0.3) is 0 Å². The number of rotatable bonds is 3. The molecule has 0 aliphatic heterocycles. The average Bonchev–Trinajstić information content (AvgIpc) is 2.76. The SMILES string of the molecule is CC(NC1CCCC1C)c1occc1Br. The third-order valence-corrected chi connectivity index (χ3v) is 4.02. The van der Waals surface area contributed by atoms with Crippen LogP contribution < -0.4 is 5.32 Å². The predicted molar refractivity (Wildman–Crippen MR) is 64.8 cm³/mol. The summed E-state index contributed by atoms with van der Waals surface area (Å²) in [7, 11) is 0. The second-order valence-corrected chi connectivity index (χ2v) is 5.39. The Kier molecular flexibility index (Phi) is 3.52. The van der Waals surface area contributed by atoms with Gasteiger partial charge in [0.1, 0.15) is 5.76 Å². The van der Waals surface area contributed by atoms with Crippen molar-refractivity contribution >= 4 is 15.9 Å².